The maximum absolute atomic E-state index is 13.0. The van der Waals surface area contributed by atoms with Gasteiger partial charge in [-0.05, 0) is 63.8 Å². The topological polar surface area (TPSA) is 72.3 Å². The van der Waals surface area contributed by atoms with E-state index in [0.29, 0.717) is 5.16 Å². The molecule has 1 aliphatic rings. The number of hydrogen-bond acceptors (Lipinski definition) is 6. The number of nitrogens with zero attached hydrogens (tertiary/aromatic N) is 4. The third kappa shape index (κ3) is 5.16. The monoisotopic (exact) mass is 465 g/mol. The predicted octanol–water partition coefficient (Wildman–Crippen LogP) is 5.00. The normalized spacial score (nSPS) is 14.7. The van der Waals surface area contributed by atoms with E-state index in [1.807, 2.05) is 61.7 Å². The summed E-state index contributed by atoms with van der Waals surface area (Å²) in [6, 6.07) is 13.9. The first-order chi connectivity index (χ1) is 16.0. The van der Waals surface area contributed by atoms with Gasteiger partial charge in [0.25, 0.3) is 0 Å². The number of aromatic nitrogens is 3. The second kappa shape index (κ2) is 10.3. The summed E-state index contributed by atoms with van der Waals surface area (Å²) in [7, 11) is 1.66. The van der Waals surface area contributed by atoms with E-state index >= 15 is 0 Å². The van der Waals surface area contributed by atoms with E-state index in [1.54, 1.807) is 7.11 Å². The Morgan fingerprint density at radius 1 is 1.09 bits per heavy atom. The molecule has 0 saturated carbocycles. The minimum atomic E-state index is -0.363. The first-order valence-corrected chi connectivity index (χ1v) is 12.2. The van der Waals surface area contributed by atoms with Crippen LogP contribution in [0.1, 0.15) is 37.3 Å². The lowest BCUT2D eigenvalue weighted by Gasteiger charge is -2.28. The highest BCUT2D eigenvalue weighted by Gasteiger charge is 2.26. The van der Waals surface area contributed by atoms with Gasteiger partial charge in [0.05, 0.1) is 18.0 Å². The second-order valence-corrected chi connectivity index (χ2v) is 9.71. The molecule has 174 valence electrons. The molecule has 1 N–H and O–H groups in total. The number of aryl methyl sites for hydroxylation is 2. The lowest BCUT2D eigenvalue weighted by molar-refractivity contribution is -0.115. The van der Waals surface area contributed by atoms with Gasteiger partial charge in [0.2, 0.25) is 11.9 Å². The zero-order valence-corrected chi connectivity index (χ0v) is 20.5. The second-order valence-electron chi connectivity index (χ2n) is 8.41. The van der Waals surface area contributed by atoms with Gasteiger partial charge in [-0.2, -0.15) is 0 Å². The summed E-state index contributed by atoms with van der Waals surface area (Å²) < 4.78 is 7.66. The number of benzene rings is 2. The third-order valence-electron chi connectivity index (χ3n) is 5.87. The van der Waals surface area contributed by atoms with Gasteiger partial charge in [-0.25, -0.2) is 0 Å². The summed E-state index contributed by atoms with van der Waals surface area (Å²) in [6.07, 6.45) is 3.50. The predicted molar refractivity (Wildman–Crippen MR) is 134 cm³/mol. The van der Waals surface area contributed by atoms with Crippen molar-refractivity contribution in [2.75, 3.05) is 30.4 Å². The van der Waals surface area contributed by atoms with Gasteiger partial charge in [0.1, 0.15) is 5.75 Å². The molecule has 1 fully saturated rings. The van der Waals surface area contributed by atoms with Crippen LogP contribution in [0.15, 0.2) is 47.6 Å². The van der Waals surface area contributed by atoms with Crippen LogP contribution in [0.2, 0.25) is 0 Å². The van der Waals surface area contributed by atoms with Crippen LogP contribution in [0.25, 0.3) is 5.69 Å². The average molecular weight is 466 g/mol. The maximum Gasteiger partial charge on any atom is 0.237 e. The summed E-state index contributed by atoms with van der Waals surface area (Å²) in [6.45, 7) is 7.83. The van der Waals surface area contributed by atoms with Crippen molar-refractivity contribution in [3.63, 3.8) is 0 Å². The number of hydrogen-bond donors (Lipinski definition) is 1. The van der Waals surface area contributed by atoms with Crippen molar-refractivity contribution in [2.24, 2.45) is 0 Å². The lowest BCUT2D eigenvalue weighted by atomic mass is 10.1. The van der Waals surface area contributed by atoms with E-state index in [0.717, 1.165) is 54.6 Å². The van der Waals surface area contributed by atoms with E-state index in [1.165, 1.54) is 23.7 Å². The molecule has 0 radical (unpaired) electrons. The largest absolute Gasteiger partial charge is 0.495 e. The fourth-order valence-corrected chi connectivity index (χ4v) is 4.92. The number of nitrogens with one attached hydrogen (secondary N) is 1. The number of para-hydroxylation sites is 2. The van der Waals surface area contributed by atoms with E-state index < -0.39 is 0 Å². The highest BCUT2D eigenvalue weighted by Crippen LogP contribution is 2.34. The van der Waals surface area contributed by atoms with Crippen molar-refractivity contribution in [1.29, 1.82) is 0 Å². The Morgan fingerprint density at radius 2 is 1.85 bits per heavy atom. The molecule has 0 bridgehead atoms. The van der Waals surface area contributed by atoms with E-state index in [9.17, 15) is 4.79 Å². The van der Waals surface area contributed by atoms with Crippen molar-refractivity contribution in [2.45, 2.75) is 50.4 Å². The molecule has 1 amide bonds. The molecule has 7 nitrogen and oxygen atoms in total. The first kappa shape index (κ1) is 23.2. The smallest absolute Gasteiger partial charge is 0.237 e. The number of ether oxygens (including phenoxy) is 1. The standard InChI is InChI=1S/C25H31N5O2S/c1-17-12-13-20(18(2)16-17)26-23(31)19(3)33-25-28-27-24(29-14-8-5-9-15-29)30(25)21-10-6-7-11-22(21)32-4/h6-7,10-13,16,19H,5,8-9,14-15H2,1-4H3,(H,26,31). The van der Waals surface area contributed by atoms with Crippen molar-refractivity contribution in [3.8, 4) is 11.4 Å². The number of anilines is 2. The van der Waals surface area contributed by atoms with Gasteiger partial charge >= 0.3 is 0 Å². The third-order valence-corrected chi connectivity index (χ3v) is 6.92. The summed E-state index contributed by atoms with van der Waals surface area (Å²) in [5, 5.41) is 12.4. The SMILES string of the molecule is COc1ccccc1-n1c(SC(C)C(=O)Nc2ccc(C)cc2C)nnc1N1CCCCC1. The van der Waals surface area contributed by atoms with Crippen molar-refractivity contribution in [1.82, 2.24) is 14.8 Å². The Morgan fingerprint density at radius 3 is 2.58 bits per heavy atom. The van der Waals surface area contributed by atoms with Crippen LogP contribution in [0.4, 0.5) is 11.6 Å². The number of methoxy groups -OCH3 is 1. The molecule has 1 aromatic heterocycles. The van der Waals surface area contributed by atoms with Gasteiger partial charge in [-0.1, -0.05) is 41.6 Å². The fraction of sp³-hybridized carbons (Fsp3) is 0.400. The minimum Gasteiger partial charge on any atom is -0.495 e. The van der Waals surface area contributed by atoms with E-state index in [2.05, 4.69) is 26.5 Å². The number of amides is 1. The van der Waals surface area contributed by atoms with Crippen molar-refractivity contribution >= 4 is 29.3 Å². The summed E-state index contributed by atoms with van der Waals surface area (Å²) >= 11 is 1.40. The molecule has 1 atom stereocenters. The summed E-state index contributed by atoms with van der Waals surface area (Å²) in [4.78, 5) is 15.3. The van der Waals surface area contributed by atoms with Crippen LogP contribution in [0, 0.1) is 13.8 Å². The van der Waals surface area contributed by atoms with Crippen molar-refractivity contribution in [3.05, 3.63) is 53.6 Å². The van der Waals surface area contributed by atoms with Gasteiger partial charge in [0.15, 0.2) is 5.16 Å². The lowest BCUT2D eigenvalue weighted by Crippen LogP contribution is -2.32. The quantitative estimate of drug-likeness (QED) is 0.495. The van der Waals surface area contributed by atoms with Gasteiger partial charge in [-0.3, -0.25) is 9.36 Å². The molecule has 3 aromatic rings. The number of rotatable bonds is 7. The molecule has 0 spiro atoms. The summed E-state index contributed by atoms with van der Waals surface area (Å²) in [5.41, 5.74) is 3.92. The molecule has 0 aliphatic carbocycles. The van der Waals surface area contributed by atoms with E-state index in [-0.39, 0.29) is 11.2 Å². The van der Waals surface area contributed by atoms with Crippen LogP contribution in [-0.2, 0) is 4.79 Å². The Hall–Kier alpha value is -3.00. The Kier molecular flexibility index (Phi) is 7.23. The minimum absolute atomic E-state index is 0.0685. The molecule has 2 heterocycles. The Labute approximate surface area is 199 Å². The van der Waals surface area contributed by atoms with Gasteiger partial charge in [-0.15, -0.1) is 10.2 Å². The Bertz CT molecular complexity index is 1120. The highest BCUT2D eigenvalue weighted by molar-refractivity contribution is 8.00. The van der Waals surface area contributed by atoms with Gasteiger partial charge < -0.3 is 15.0 Å². The molecule has 33 heavy (non-hydrogen) atoms. The van der Waals surface area contributed by atoms with Crippen LogP contribution in [-0.4, -0.2) is 46.1 Å². The molecule has 1 aliphatic heterocycles. The first-order valence-electron chi connectivity index (χ1n) is 11.4. The zero-order valence-electron chi connectivity index (χ0n) is 19.7. The molecule has 1 saturated heterocycles. The molecule has 8 heteroatoms. The van der Waals surface area contributed by atoms with E-state index in [4.69, 9.17) is 4.74 Å². The number of carbonyl (C=O) groups excluding carboxylic acids is 1. The maximum atomic E-state index is 13.0. The zero-order chi connectivity index (χ0) is 23.4. The fourth-order valence-electron chi connectivity index (χ4n) is 4.06. The molecular weight excluding hydrogens is 434 g/mol. The number of piperidine rings is 1. The van der Waals surface area contributed by atoms with Crippen LogP contribution in [0.5, 0.6) is 5.75 Å². The van der Waals surface area contributed by atoms with Crippen LogP contribution >= 0.6 is 11.8 Å². The average Bonchev–Trinajstić information content (AvgIpc) is 3.24. The van der Waals surface area contributed by atoms with Crippen LogP contribution in [0.3, 0.4) is 0 Å². The van der Waals surface area contributed by atoms with Crippen molar-refractivity contribution < 1.29 is 9.53 Å². The molecular formula is C25H31N5O2S. The van der Waals surface area contributed by atoms with Crippen LogP contribution < -0.4 is 15.0 Å². The highest BCUT2D eigenvalue weighted by atomic mass is 32.2. The molecule has 4 rings (SSSR count). The van der Waals surface area contributed by atoms with Gasteiger partial charge in [0, 0.05) is 18.8 Å². The Balaban J connectivity index is 1.62. The summed E-state index contributed by atoms with van der Waals surface area (Å²) in [5.74, 6) is 1.47. The molecule has 2 aromatic carbocycles. The molecule has 1 unspecified atom stereocenters. The number of thioether (sulfide) groups is 1. The number of carbonyl (C=O) groups is 1.